The summed E-state index contributed by atoms with van der Waals surface area (Å²) in [5.41, 5.74) is 2.47. The molecule has 3 heteroatoms. The highest BCUT2D eigenvalue weighted by atomic mass is 35.5. The molecular formula is C13H19ClN2. The molecule has 1 heterocycles. The Morgan fingerprint density at radius 3 is 2.62 bits per heavy atom. The highest BCUT2D eigenvalue weighted by molar-refractivity contribution is 6.33. The standard InChI is InChI=1S/C13H19ClN2/c1-13(7-4-8-15-13)10-5-6-12(16(2)3)11(14)9-10/h5-6,9,15H,4,7-8H2,1-3H3. The van der Waals surface area contributed by atoms with Gasteiger partial charge in [0.1, 0.15) is 0 Å². The molecule has 1 aliphatic heterocycles. The Morgan fingerprint density at radius 2 is 2.12 bits per heavy atom. The van der Waals surface area contributed by atoms with Crippen molar-refractivity contribution in [3.63, 3.8) is 0 Å². The van der Waals surface area contributed by atoms with Gasteiger partial charge in [0.15, 0.2) is 0 Å². The number of benzene rings is 1. The Bertz CT molecular complexity index is 382. The third kappa shape index (κ3) is 2.04. The third-order valence-corrected chi connectivity index (χ3v) is 3.74. The fourth-order valence-corrected chi connectivity index (χ4v) is 2.70. The topological polar surface area (TPSA) is 15.3 Å². The summed E-state index contributed by atoms with van der Waals surface area (Å²) in [6, 6.07) is 6.37. The first-order valence-electron chi connectivity index (χ1n) is 5.75. The van der Waals surface area contributed by atoms with Gasteiger partial charge in [0.25, 0.3) is 0 Å². The van der Waals surface area contributed by atoms with Crippen LogP contribution in [0.1, 0.15) is 25.3 Å². The van der Waals surface area contributed by atoms with Gasteiger partial charge >= 0.3 is 0 Å². The van der Waals surface area contributed by atoms with Crippen molar-refractivity contribution >= 4 is 17.3 Å². The van der Waals surface area contributed by atoms with Crippen LogP contribution in [0.2, 0.25) is 5.02 Å². The molecule has 1 fully saturated rings. The van der Waals surface area contributed by atoms with Crippen LogP contribution in [-0.2, 0) is 5.54 Å². The second-order valence-corrected chi connectivity index (χ2v) is 5.33. The van der Waals surface area contributed by atoms with E-state index in [2.05, 4.69) is 30.4 Å². The number of nitrogens with one attached hydrogen (secondary N) is 1. The van der Waals surface area contributed by atoms with Gasteiger partial charge in [-0.2, -0.15) is 0 Å². The summed E-state index contributed by atoms with van der Waals surface area (Å²) in [6.45, 7) is 3.35. The van der Waals surface area contributed by atoms with Crippen LogP contribution in [0.25, 0.3) is 0 Å². The zero-order valence-electron chi connectivity index (χ0n) is 10.2. The first-order valence-corrected chi connectivity index (χ1v) is 6.13. The molecule has 16 heavy (non-hydrogen) atoms. The van der Waals surface area contributed by atoms with Gasteiger partial charge in [0.05, 0.1) is 10.7 Å². The minimum atomic E-state index is 0.106. The molecule has 2 rings (SSSR count). The quantitative estimate of drug-likeness (QED) is 0.852. The van der Waals surface area contributed by atoms with Gasteiger partial charge < -0.3 is 10.2 Å². The molecule has 1 saturated heterocycles. The average Bonchev–Trinajstić information content (AvgIpc) is 2.66. The summed E-state index contributed by atoms with van der Waals surface area (Å²) in [4.78, 5) is 2.04. The van der Waals surface area contributed by atoms with Gasteiger partial charge in [0, 0.05) is 19.6 Å². The van der Waals surface area contributed by atoms with E-state index in [0.29, 0.717) is 0 Å². The number of hydrogen-bond acceptors (Lipinski definition) is 2. The molecule has 1 N–H and O–H groups in total. The van der Waals surface area contributed by atoms with E-state index >= 15 is 0 Å². The lowest BCUT2D eigenvalue weighted by Crippen LogP contribution is -2.33. The molecule has 88 valence electrons. The van der Waals surface area contributed by atoms with Gasteiger partial charge in [0.2, 0.25) is 0 Å². The second-order valence-electron chi connectivity index (χ2n) is 4.92. The van der Waals surface area contributed by atoms with E-state index in [4.69, 9.17) is 11.6 Å². The number of rotatable bonds is 2. The number of anilines is 1. The molecule has 1 unspecified atom stereocenters. The smallest absolute Gasteiger partial charge is 0.0642 e. The largest absolute Gasteiger partial charge is 0.376 e. The molecule has 2 nitrogen and oxygen atoms in total. The Hall–Kier alpha value is -0.730. The summed E-state index contributed by atoms with van der Waals surface area (Å²) in [5, 5.41) is 4.38. The summed E-state index contributed by atoms with van der Waals surface area (Å²) in [7, 11) is 4.02. The Labute approximate surface area is 103 Å². The molecule has 1 aromatic rings. The van der Waals surface area contributed by atoms with Crippen molar-refractivity contribution in [3.05, 3.63) is 28.8 Å². The van der Waals surface area contributed by atoms with Crippen LogP contribution in [0, 0.1) is 0 Å². The normalized spacial score (nSPS) is 24.8. The van der Waals surface area contributed by atoms with Crippen LogP contribution in [0.15, 0.2) is 18.2 Å². The van der Waals surface area contributed by atoms with E-state index in [1.54, 1.807) is 0 Å². The Balaban J connectivity index is 2.34. The molecule has 0 amide bonds. The molecule has 1 aliphatic rings. The van der Waals surface area contributed by atoms with Gasteiger partial charge in [-0.15, -0.1) is 0 Å². The molecule has 0 bridgehead atoms. The van der Waals surface area contributed by atoms with E-state index in [0.717, 1.165) is 17.3 Å². The van der Waals surface area contributed by atoms with Gasteiger partial charge in [-0.05, 0) is 44.0 Å². The van der Waals surface area contributed by atoms with E-state index in [1.807, 2.05) is 19.0 Å². The molecular weight excluding hydrogens is 220 g/mol. The number of nitrogens with zero attached hydrogens (tertiary/aromatic N) is 1. The molecule has 0 spiro atoms. The van der Waals surface area contributed by atoms with Gasteiger partial charge in [-0.25, -0.2) is 0 Å². The van der Waals surface area contributed by atoms with Crippen LogP contribution in [0.5, 0.6) is 0 Å². The summed E-state index contributed by atoms with van der Waals surface area (Å²) >= 11 is 6.30. The van der Waals surface area contributed by atoms with E-state index in [1.165, 1.54) is 18.4 Å². The van der Waals surface area contributed by atoms with Crippen molar-refractivity contribution in [2.75, 3.05) is 25.5 Å². The second kappa shape index (κ2) is 4.27. The van der Waals surface area contributed by atoms with Crippen LogP contribution < -0.4 is 10.2 Å². The molecule has 1 aromatic carbocycles. The molecule has 0 aromatic heterocycles. The minimum Gasteiger partial charge on any atom is -0.376 e. The zero-order valence-corrected chi connectivity index (χ0v) is 10.9. The summed E-state index contributed by atoms with van der Waals surface area (Å²) < 4.78 is 0. The predicted octanol–water partition coefficient (Wildman–Crippen LogP) is 3.00. The van der Waals surface area contributed by atoms with Crippen molar-refractivity contribution in [2.24, 2.45) is 0 Å². The Kier molecular flexibility index (Phi) is 3.13. The lowest BCUT2D eigenvalue weighted by molar-refractivity contribution is 0.435. The zero-order chi connectivity index (χ0) is 11.8. The van der Waals surface area contributed by atoms with Crippen LogP contribution in [0.3, 0.4) is 0 Å². The summed E-state index contributed by atoms with van der Waals surface area (Å²) in [6.07, 6.45) is 2.42. The SMILES string of the molecule is CN(C)c1ccc(C2(C)CCCN2)cc1Cl. The first kappa shape index (κ1) is 11.7. The van der Waals surface area contributed by atoms with Crippen molar-refractivity contribution in [3.8, 4) is 0 Å². The summed E-state index contributed by atoms with van der Waals surface area (Å²) in [5.74, 6) is 0. The maximum atomic E-state index is 6.30. The van der Waals surface area contributed by atoms with Crippen molar-refractivity contribution in [1.29, 1.82) is 0 Å². The maximum Gasteiger partial charge on any atom is 0.0642 e. The monoisotopic (exact) mass is 238 g/mol. The minimum absolute atomic E-state index is 0.106. The number of halogens is 1. The van der Waals surface area contributed by atoms with Crippen molar-refractivity contribution in [1.82, 2.24) is 5.32 Å². The lowest BCUT2D eigenvalue weighted by Gasteiger charge is -2.26. The molecule has 0 radical (unpaired) electrons. The lowest BCUT2D eigenvalue weighted by atomic mass is 9.90. The third-order valence-electron chi connectivity index (χ3n) is 3.44. The number of hydrogen-bond donors (Lipinski definition) is 1. The fourth-order valence-electron chi connectivity index (χ4n) is 2.35. The predicted molar refractivity (Wildman–Crippen MR) is 70.4 cm³/mol. The van der Waals surface area contributed by atoms with E-state index in [9.17, 15) is 0 Å². The van der Waals surface area contributed by atoms with Crippen LogP contribution >= 0.6 is 11.6 Å². The van der Waals surface area contributed by atoms with Crippen LogP contribution in [-0.4, -0.2) is 20.6 Å². The first-order chi connectivity index (χ1) is 7.53. The Morgan fingerprint density at radius 1 is 1.38 bits per heavy atom. The fraction of sp³-hybridized carbons (Fsp3) is 0.538. The van der Waals surface area contributed by atoms with Gasteiger partial charge in [-0.1, -0.05) is 17.7 Å². The molecule has 0 aliphatic carbocycles. The van der Waals surface area contributed by atoms with Crippen molar-refractivity contribution < 1.29 is 0 Å². The molecule has 0 saturated carbocycles. The average molecular weight is 239 g/mol. The molecule has 1 atom stereocenters. The highest BCUT2D eigenvalue weighted by Crippen LogP contribution is 2.34. The highest BCUT2D eigenvalue weighted by Gasteiger charge is 2.30. The maximum absolute atomic E-state index is 6.30. The van der Waals surface area contributed by atoms with Crippen molar-refractivity contribution in [2.45, 2.75) is 25.3 Å². The van der Waals surface area contributed by atoms with E-state index in [-0.39, 0.29) is 5.54 Å². The van der Waals surface area contributed by atoms with Crippen LogP contribution in [0.4, 0.5) is 5.69 Å². The van der Waals surface area contributed by atoms with E-state index < -0.39 is 0 Å². The van der Waals surface area contributed by atoms with Gasteiger partial charge in [-0.3, -0.25) is 0 Å².